The van der Waals surface area contributed by atoms with Gasteiger partial charge in [0.15, 0.2) is 0 Å². The van der Waals surface area contributed by atoms with E-state index in [4.69, 9.17) is 0 Å². The monoisotopic (exact) mass is 449 g/mol. The Morgan fingerprint density at radius 2 is 1.76 bits per heavy atom. The minimum atomic E-state index is -0.112. The zero-order valence-corrected chi connectivity index (χ0v) is 17.5. The van der Waals surface area contributed by atoms with Gasteiger partial charge in [0, 0.05) is 23.4 Å². The van der Waals surface area contributed by atoms with Gasteiger partial charge < -0.3 is 5.32 Å². The van der Waals surface area contributed by atoms with E-state index in [2.05, 4.69) is 43.6 Å². The summed E-state index contributed by atoms with van der Waals surface area (Å²) in [6.07, 6.45) is 6.03. The van der Waals surface area contributed by atoms with Crippen LogP contribution < -0.4 is 5.32 Å². The zero-order chi connectivity index (χ0) is 20.2. The molecule has 2 aromatic heterocycles. The van der Waals surface area contributed by atoms with Gasteiger partial charge in [-0.2, -0.15) is 10.2 Å². The first-order chi connectivity index (χ1) is 14.1. The van der Waals surface area contributed by atoms with E-state index in [0.29, 0.717) is 12.1 Å². The number of hydrogen-bond donors (Lipinski definition) is 1. The molecule has 7 heteroatoms. The number of nitrogens with zero attached hydrogens (tertiary/aromatic N) is 4. The highest BCUT2D eigenvalue weighted by Crippen LogP contribution is 2.17. The lowest BCUT2D eigenvalue weighted by atomic mass is 10.1. The summed E-state index contributed by atoms with van der Waals surface area (Å²) in [5.41, 5.74) is 4.49. The highest BCUT2D eigenvalue weighted by atomic mass is 79.9. The number of aromatic nitrogens is 4. The fraction of sp³-hybridized carbons (Fsp3) is 0.136. The molecule has 0 atom stereocenters. The number of carbonyl (C=O) groups excluding carboxylic acids is 1. The average molecular weight is 450 g/mol. The molecule has 0 saturated carbocycles. The van der Waals surface area contributed by atoms with Crippen molar-refractivity contribution in [3.63, 3.8) is 0 Å². The maximum absolute atomic E-state index is 12.6. The first kappa shape index (κ1) is 19.1. The number of halogens is 1. The van der Waals surface area contributed by atoms with Crippen molar-refractivity contribution in [1.29, 1.82) is 0 Å². The van der Waals surface area contributed by atoms with Gasteiger partial charge in [0.25, 0.3) is 5.91 Å². The van der Waals surface area contributed by atoms with E-state index in [1.807, 2.05) is 60.3 Å². The first-order valence-electron chi connectivity index (χ1n) is 9.29. The van der Waals surface area contributed by atoms with Gasteiger partial charge in [0.05, 0.1) is 28.8 Å². The Balaban J connectivity index is 1.36. The third kappa shape index (κ3) is 4.30. The van der Waals surface area contributed by atoms with Crippen molar-refractivity contribution >= 4 is 21.8 Å². The van der Waals surface area contributed by atoms with Crippen LogP contribution in [0.2, 0.25) is 0 Å². The molecule has 0 radical (unpaired) electrons. The second-order valence-corrected chi connectivity index (χ2v) is 7.57. The van der Waals surface area contributed by atoms with Gasteiger partial charge in [0.2, 0.25) is 0 Å². The lowest BCUT2D eigenvalue weighted by Gasteiger charge is -2.08. The van der Waals surface area contributed by atoms with Crippen LogP contribution in [0.25, 0.3) is 11.4 Å². The van der Waals surface area contributed by atoms with Crippen LogP contribution in [0.4, 0.5) is 0 Å². The number of amides is 1. The van der Waals surface area contributed by atoms with Crippen molar-refractivity contribution in [2.45, 2.75) is 13.3 Å². The van der Waals surface area contributed by atoms with E-state index in [1.54, 1.807) is 17.1 Å². The molecule has 1 N–H and O–H groups in total. The molecule has 1 amide bonds. The van der Waals surface area contributed by atoms with Crippen LogP contribution in [0.5, 0.6) is 0 Å². The molecule has 146 valence electrons. The summed E-state index contributed by atoms with van der Waals surface area (Å²) >= 11 is 3.43. The molecule has 0 unspecified atom stereocenters. The average Bonchev–Trinajstić information content (AvgIpc) is 3.39. The summed E-state index contributed by atoms with van der Waals surface area (Å²) in [4.78, 5) is 12.6. The molecule has 0 aliphatic rings. The summed E-state index contributed by atoms with van der Waals surface area (Å²) in [5.74, 6) is -0.112. The Morgan fingerprint density at radius 3 is 2.45 bits per heavy atom. The summed E-state index contributed by atoms with van der Waals surface area (Å²) in [6.45, 7) is 2.46. The van der Waals surface area contributed by atoms with Crippen LogP contribution in [-0.4, -0.2) is 32.0 Å². The standard InChI is InChI=1S/C22H20BrN5O/c1-16-21(15-26-28(16)20-9-5-18(23)6-10-20)22(29)24-13-11-17-3-7-19(8-4-17)27-14-2-12-25-27/h2-10,12,14-15H,11,13H2,1H3,(H,24,29). The van der Waals surface area contributed by atoms with Crippen LogP contribution >= 0.6 is 15.9 Å². The molecule has 0 aliphatic heterocycles. The third-order valence-corrected chi connectivity index (χ3v) is 5.26. The van der Waals surface area contributed by atoms with Gasteiger partial charge in [-0.15, -0.1) is 0 Å². The minimum absolute atomic E-state index is 0.112. The smallest absolute Gasteiger partial charge is 0.254 e. The van der Waals surface area contributed by atoms with E-state index >= 15 is 0 Å². The van der Waals surface area contributed by atoms with Gasteiger partial charge in [0.1, 0.15) is 0 Å². The second-order valence-electron chi connectivity index (χ2n) is 6.65. The van der Waals surface area contributed by atoms with Crippen LogP contribution in [0.15, 0.2) is 77.7 Å². The van der Waals surface area contributed by atoms with E-state index in [-0.39, 0.29) is 5.91 Å². The SMILES string of the molecule is Cc1c(C(=O)NCCc2ccc(-n3cccn3)cc2)cnn1-c1ccc(Br)cc1. The number of hydrogen-bond acceptors (Lipinski definition) is 3. The number of nitrogens with one attached hydrogen (secondary N) is 1. The topological polar surface area (TPSA) is 64.7 Å². The molecule has 4 rings (SSSR count). The molecule has 0 bridgehead atoms. The highest BCUT2D eigenvalue weighted by Gasteiger charge is 2.14. The molecule has 29 heavy (non-hydrogen) atoms. The molecule has 0 fully saturated rings. The predicted molar refractivity (Wildman–Crippen MR) is 116 cm³/mol. The quantitative estimate of drug-likeness (QED) is 0.481. The second kappa shape index (κ2) is 8.45. The highest BCUT2D eigenvalue weighted by molar-refractivity contribution is 9.10. The molecular weight excluding hydrogens is 430 g/mol. The van der Waals surface area contributed by atoms with Gasteiger partial charge in [-0.25, -0.2) is 9.36 Å². The van der Waals surface area contributed by atoms with Crippen molar-refractivity contribution in [2.24, 2.45) is 0 Å². The zero-order valence-electron chi connectivity index (χ0n) is 15.9. The molecule has 2 heterocycles. The van der Waals surface area contributed by atoms with Crippen LogP contribution in [0.1, 0.15) is 21.6 Å². The summed E-state index contributed by atoms with van der Waals surface area (Å²) in [7, 11) is 0. The Morgan fingerprint density at radius 1 is 1.03 bits per heavy atom. The Bertz CT molecular complexity index is 1100. The van der Waals surface area contributed by atoms with E-state index < -0.39 is 0 Å². The van der Waals surface area contributed by atoms with Gasteiger partial charge in [-0.1, -0.05) is 28.1 Å². The minimum Gasteiger partial charge on any atom is -0.352 e. The largest absolute Gasteiger partial charge is 0.352 e. The van der Waals surface area contributed by atoms with Crippen LogP contribution in [0, 0.1) is 6.92 Å². The van der Waals surface area contributed by atoms with Crippen molar-refractivity contribution in [3.8, 4) is 11.4 Å². The Labute approximate surface area is 177 Å². The van der Waals surface area contributed by atoms with Gasteiger partial charge in [-0.3, -0.25) is 4.79 Å². The van der Waals surface area contributed by atoms with Crippen molar-refractivity contribution in [1.82, 2.24) is 24.9 Å². The lowest BCUT2D eigenvalue weighted by Crippen LogP contribution is -2.26. The fourth-order valence-corrected chi connectivity index (χ4v) is 3.39. The van der Waals surface area contributed by atoms with Crippen LogP contribution in [-0.2, 0) is 6.42 Å². The summed E-state index contributed by atoms with van der Waals surface area (Å²) in [5, 5.41) is 11.6. The van der Waals surface area contributed by atoms with Gasteiger partial charge >= 0.3 is 0 Å². The molecule has 6 nitrogen and oxygen atoms in total. The summed E-state index contributed by atoms with van der Waals surface area (Å²) in [6, 6.07) is 17.9. The third-order valence-electron chi connectivity index (χ3n) is 4.73. The Hall–Kier alpha value is -3.19. The normalized spacial score (nSPS) is 10.8. The maximum atomic E-state index is 12.6. The number of rotatable bonds is 6. The van der Waals surface area contributed by atoms with Crippen molar-refractivity contribution < 1.29 is 4.79 Å². The molecule has 0 spiro atoms. The summed E-state index contributed by atoms with van der Waals surface area (Å²) < 4.78 is 4.59. The van der Waals surface area contributed by atoms with Crippen molar-refractivity contribution in [2.75, 3.05) is 6.54 Å². The first-order valence-corrected chi connectivity index (χ1v) is 10.1. The maximum Gasteiger partial charge on any atom is 0.254 e. The predicted octanol–water partition coefficient (Wildman–Crippen LogP) is 4.10. The molecule has 2 aromatic carbocycles. The molecule has 0 aliphatic carbocycles. The number of benzene rings is 2. The molecule has 0 saturated heterocycles. The molecular formula is C22H20BrN5O. The van der Waals surface area contributed by atoms with Crippen LogP contribution in [0.3, 0.4) is 0 Å². The fourth-order valence-electron chi connectivity index (χ4n) is 3.13. The number of carbonyl (C=O) groups is 1. The van der Waals surface area contributed by atoms with Crippen molar-refractivity contribution in [3.05, 3.63) is 94.5 Å². The van der Waals surface area contributed by atoms with E-state index in [1.165, 1.54) is 0 Å². The lowest BCUT2D eigenvalue weighted by molar-refractivity contribution is 0.0953. The van der Waals surface area contributed by atoms with E-state index in [9.17, 15) is 4.79 Å². The Kier molecular flexibility index (Phi) is 5.57. The molecule has 4 aromatic rings. The van der Waals surface area contributed by atoms with E-state index in [0.717, 1.165) is 33.5 Å². The van der Waals surface area contributed by atoms with Gasteiger partial charge in [-0.05, 0) is 61.4 Å².